The fraction of sp³-hybridized carbons (Fsp3) is 0.696. The number of ketones is 1. The standard InChI is InChI=1S/C56H84N6O12/c1-14-44-56(10,69)49(65)34(6)61(12)27-30(2)25-54(8,68)51(32(4)45(33(5)52(67)73-44)43-26-55(9,70-13)50(66)35(7)72-43)74-53-48(64)42(23-31(3)71-53)60(11)22-21-37-29-62(59-58-37)28-36-19-20-40-41(24-36)46(57)38-17-15-16-18-39(38)47(40)63/h15-20,24,29-35,42-45,48-51,53,57,64-66,68-69H,14,21-23,25-28H2,1-13H3/t30-,31-,32+,33-,34-,35+,42+,43?,44-,45+,48-,49-,50+,51-,53+,54-,55-,56-/m1/s1. The van der Waals surface area contributed by atoms with Crippen molar-refractivity contribution in [3.63, 3.8) is 0 Å². The topological polar surface area (TPSA) is 242 Å². The number of esters is 1. The van der Waals surface area contributed by atoms with Gasteiger partial charge in [-0.3, -0.25) is 15.0 Å². The van der Waals surface area contributed by atoms with Gasteiger partial charge in [0, 0.05) is 79.5 Å². The summed E-state index contributed by atoms with van der Waals surface area (Å²) in [6.45, 7) is 19.2. The predicted octanol–water partition coefficient (Wildman–Crippen LogP) is 4.39. The number of fused-ring (bicyclic) bond motifs is 2. The van der Waals surface area contributed by atoms with Crippen molar-refractivity contribution in [1.82, 2.24) is 24.8 Å². The lowest BCUT2D eigenvalue weighted by molar-refractivity contribution is -0.302. The van der Waals surface area contributed by atoms with Gasteiger partial charge >= 0.3 is 5.97 Å². The lowest BCUT2D eigenvalue weighted by Crippen LogP contribution is -2.62. The lowest BCUT2D eigenvalue weighted by Gasteiger charge is -2.51. The van der Waals surface area contributed by atoms with Crippen molar-refractivity contribution in [2.45, 2.75) is 192 Å². The van der Waals surface area contributed by atoms with Gasteiger partial charge in [0.1, 0.15) is 30.0 Å². The molecular formula is C56H84N6O12. The van der Waals surface area contributed by atoms with Gasteiger partial charge in [-0.15, -0.1) is 5.10 Å². The Kier molecular flexibility index (Phi) is 17.8. The van der Waals surface area contributed by atoms with Crippen LogP contribution in [0.1, 0.15) is 133 Å². The first-order chi connectivity index (χ1) is 34.7. The number of carbonyl (C=O) groups is 2. The number of methoxy groups -OCH3 is 1. The van der Waals surface area contributed by atoms with E-state index in [1.807, 2.05) is 77.2 Å². The van der Waals surface area contributed by atoms with Crippen molar-refractivity contribution < 1.29 is 58.8 Å². The molecule has 0 bridgehead atoms. The zero-order valence-electron chi connectivity index (χ0n) is 45.8. The van der Waals surface area contributed by atoms with E-state index in [2.05, 4.69) is 15.2 Å². The van der Waals surface area contributed by atoms with Crippen LogP contribution in [0.3, 0.4) is 0 Å². The Morgan fingerprint density at radius 2 is 1.59 bits per heavy atom. The highest BCUT2D eigenvalue weighted by molar-refractivity contribution is 6.29. The number of benzene rings is 2. The lowest BCUT2D eigenvalue weighted by atomic mass is 9.68. The van der Waals surface area contributed by atoms with Gasteiger partial charge in [-0.05, 0) is 98.4 Å². The largest absolute Gasteiger partial charge is 0.459 e. The smallest absolute Gasteiger partial charge is 0.309 e. The van der Waals surface area contributed by atoms with Crippen LogP contribution in [0, 0.1) is 29.1 Å². The van der Waals surface area contributed by atoms with Crippen molar-refractivity contribution >= 4 is 17.5 Å². The van der Waals surface area contributed by atoms with Crippen LogP contribution in [0.5, 0.6) is 0 Å². The summed E-state index contributed by atoms with van der Waals surface area (Å²) in [5.41, 5.74) is -0.324. The van der Waals surface area contributed by atoms with Crippen LogP contribution in [-0.4, -0.2) is 186 Å². The first-order valence-electron chi connectivity index (χ1n) is 26.6. The van der Waals surface area contributed by atoms with Crippen molar-refractivity contribution in [3.8, 4) is 0 Å². The molecule has 1 aliphatic carbocycles. The second kappa shape index (κ2) is 22.9. The average Bonchev–Trinajstić information content (AvgIpc) is 3.81. The molecule has 18 heteroatoms. The van der Waals surface area contributed by atoms with Crippen molar-refractivity contribution in [1.29, 1.82) is 5.41 Å². The zero-order valence-corrected chi connectivity index (χ0v) is 45.8. The highest BCUT2D eigenvalue weighted by Crippen LogP contribution is 2.45. The highest BCUT2D eigenvalue weighted by atomic mass is 16.7. The van der Waals surface area contributed by atoms with E-state index in [9.17, 15) is 35.1 Å². The van der Waals surface area contributed by atoms with Crippen molar-refractivity contribution in [2.75, 3.05) is 34.3 Å². The molecule has 18 atom stereocenters. The van der Waals surface area contributed by atoms with Crippen LogP contribution in [0.4, 0.5) is 0 Å². The van der Waals surface area contributed by atoms with Crippen LogP contribution >= 0.6 is 0 Å². The van der Waals surface area contributed by atoms with E-state index < -0.39 is 102 Å². The Hall–Kier alpha value is -4.05. The zero-order chi connectivity index (χ0) is 54.4. The molecule has 4 heterocycles. The third-order valence-electron chi connectivity index (χ3n) is 17.2. The summed E-state index contributed by atoms with van der Waals surface area (Å²) >= 11 is 0. The van der Waals surface area contributed by atoms with Crippen molar-refractivity contribution in [3.05, 3.63) is 82.2 Å². The number of ether oxygens (including phenoxy) is 5. The maximum atomic E-state index is 14.6. The molecule has 3 saturated heterocycles. The van der Waals surface area contributed by atoms with Crippen LogP contribution < -0.4 is 0 Å². The van der Waals surface area contributed by atoms with E-state index in [1.54, 1.807) is 57.5 Å². The number of aliphatic hydroxyl groups excluding tert-OH is 3. The van der Waals surface area contributed by atoms with Crippen LogP contribution in [0.15, 0.2) is 48.7 Å². The van der Waals surface area contributed by atoms with E-state index in [1.165, 1.54) is 14.0 Å². The summed E-state index contributed by atoms with van der Waals surface area (Å²) in [5, 5.41) is 77.9. The molecule has 1 aromatic heterocycles. The fourth-order valence-corrected chi connectivity index (χ4v) is 12.7. The monoisotopic (exact) mass is 1030 g/mol. The molecule has 7 rings (SSSR count). The number of cyclic esters (lactones) is 1. The molecule has 0 saturated carbocycles. The predicted molar refractivity (Wildman–Crippen MR) is 277 cm³/mol. The van der Waals surface area contributed by atoms with E-state index in [-0.39, 0.29) is 37.1 Å². The Morgan fingerprint density at radius 1 is 0.919 bits per heavy atom. The number of nitrogens with zero attached hydrogens (tertiary/aromatic N) is 5. The average molecular weight is 1030 g/mol. The quantitative estimate of drug-likeness (QED) is 0.114. The maximum absolute atomic E-state index is 14.6. The van der Waals surface area contributed by atoms with Gasteiger partial charge in [-0.2, -0.15) is 0 Å². The number of carbonyl (C=O) groups excluding carboxylic acids is 2. The number of aliphatic hydroxyl groups is 5. The van der Waals surface area contributed by atoms with Gasteiger partial charge < -0.3 is 59.0 Å². The number of nitrogens with one attached hydrogen (secondary N) is 1. The Morgan fingerprint density at radius 3 is 2.27 bits per heavy atom. The molecule has 0 radical (unpaired) electrons. The first-order valence-corrected chi connectivity index (χ1v) is 26.6. The van der Waals surface area contributed by atoms with E-state index in [0.717, 1.165) is 11.3 Å². The van der Waals surface area contributed by atoms with Crippen molar-refractivity contribution in [2.24, 2.45) is 23.7 Å². The summed E-state index contributed by atoms with van der Waals surface area (Å²) in [5.74, 6) is -3.29. The van der Waals surface area contributed by atoms with Gasteiger partial charge in [0.25, 0.3) is 0 Å². The molecule has 4 aliphatic rings. The second-order valence-corrected chi connectivity index (χ2v) is 23.1. The number of hydrogen-bond acceptors (Lipinski definition) is 17. The second-order valence-electron chi connectivity index (χ2n) is 23.1. The van der Waals surface area contributed by atoms with E-state index in [0.29, 0.717) is 60.4 Å². The molecule has 0 amide bonds. The number of aromatic nitrogens is 3. The highest BCUT2D eigenvalue weighted by Gasteiger charge is 2.55. The molecule has 3 aliphatic heterocycles. The van der Waals surface area contributed by atoms with Gasteiger partial charge in [0.15, 0.2) is 12.1 Å². The Balaban J connectivity index is 1.13. The maximum Gasteiger partial charge on any atom is 0.309 e. The normalized spacial score (nSPS) is 39.0. The number of hydrogen-bond donors (Lipinski definition) is 6. The Bertz CT molecular complexity index is 2450. The van der Waals surface area contributed by atoms with E-state index >= 15 is 0 Å². The molecule has 74 heavy (non-hydrogen) atoms. The van der Waals surface area contributed by atoms with E-state index in [4.69, 9.17) is 29.1 Å². The third-order valence-corrected chi connectivity index (χ3v) is 17.2. The van der Waals surface area contributed by atoms with Crippen LogP contribution in [-0.2, 0) is 41.4 Å². The first kappa shape index (κ1) is 57.7. The summed E-state index contributed by atoms with van der Waals surface area (Å²) in [6.07, 6.45) is -5.15. The molecule has 410 valence electrons. The van der Waals surface area contributed by atoms with Crippen LogP contribution in [0.2, 0.25) is 0 Å². The molecule has 3 fully saturated rings. The summed E-state index contributed by atoms with van der Waals surface area (Å²) in [4.78, 5) is 31.9. The molecular weight excluding hydrogens is 949 g/mol. The van der Waals surface area contributed by atoms with Gasteiger partial charge in [-0.25, -0.2) is 4.68 Å². The minimum Gasteiger partial charge on any atom is -0.459 e. The third kappa shape index (κ3) is 11.8. The molecule has 1 unspecified atom stereocenters. The van der Waals surface area contributed by atoms with Crippen LogP contribution in [0.25, 0.3) is 0 Å². The molecule has 0 spiro atoms. The summed E-state index contributed by atoms with van der Waals surface area (Å²) in [7, 11) is 5.31. The number of rotatable bonds is 11. The van der Waals surface area contributed by atoms with Gasteiger partial charge in [-0.1, -0.05) is 69.3 Å². The van der Waals surface area contributed by atoms with Gasteiger partial charge in [0.2, 0.25) is 0 Å². The minimum atomic E-state index is -1.82. The molecule has 3 aromatic rings. The Labute approximate surface area is 437 Å². The molecule has 6 N–H and O–H groups in total. The fourth-order valence-electron chi connectivity index (χ4n) is 12.7. The molecule has 18 nitrogen and oxygen atoms in total. The summed E-state index contributed by atoms with van der Waals surface area (Å²) < 4.78 is 34.0. The molecule has 2 aromatic carbocycles. The number of likely N-dealkylation sites (N-methyl/N-ethyl adjacent to an activating group) is 2. The summed E-state index contributed by atoms with van der Waals surface area (Å²) in [6, 6.07) is 11.7. The minimum absolute atomic E-state index is 0.0949. The van der Waals surface area contributed by atoms with Gasteiger partial charge in [0.05, 0.1) is 59.5 Å². The SMILES string of the molecule is CC[C@H]1OC(=O)[C@H](C)[C@@H](C2C[C@@](C)(OC)[C@@H](O)[C@H](C)O2)[C@H](C)[C@@H](O[C@@H]2O[C@H](C)C[C@H](N(C)CCc3cn(Cc4ccc5c(c4)C(=N)c4ccccc4C5=O)nn3)[C@H]2O)[C@](C)(O)C[C@@H](C)CN(C)[C@H](C)[C@@H](O)[C@]1(C)O.